The number of halogens is 1. The molecule has 1 aromatic rings. The maximum Gasteiger partial charge on any atom is 0.227 e. The Morgan fingerprint density at radius 2 is 2.42 bits per heavy atom. The van der Waals surface area contributed by atoms with Gasteiger partial charge in [0.1, 0.15) is 0 Å². The number of nitrogens with zero attached hydrogens (tertiary/aromatic N) is 1. The number of rotatable bonds is 3. The lowest BCUT2D eigenvalue weighted by Gasteiger charge is -2.06. The fraction of sp³-hybridized carbons (Fsp3) is 0.375. The average molecular weight is 231 g/mol. The van der Waals surface area contributed by atoms with Crippen LogP contribution in [0.25, 0.3) is 0 Å². The summed E-state index contributed by atoms with van der Waals surface area (Å²) in [4.78, 5) is 4.04. The minimum absolute atomic E-state index is 0.628. The number of nitrogens with one attached hydrogen (secondary N) is 1. The van der Waals surface area contributed by atoms with Crippen LogP contribution >= 0.6 is 15.9 Å². The first kappa shape index (κ1) is 9.48. The van der Waals surface area contributed by atoms with Gasteiger partial charge >= 0.3 is 0 Å². The fourth-order valence-corrected chi connectivity index (χ4v) is 1.47. The lowest BCUT2D eigenvalue weighted by molar-refractivity contribution is 0.394. The Bertz CT molecular complexity index is 265. The van der Waals surface area contributed by atoms with Gasteiger partial charge in [0, 0.05) is 12.7 Å². The normalized spacial score (nSPS) is 9.92. The molecule has 0 saturated heterocycles. The molecule has 0 aliphatic heterocycles. The summed E-state index contributed by atoms with van der Waals surface area (Å²) in [5, 5.41) is 3.06. The highest BCUT2D eigenvalue weighted by Crippen LogP contribution is 2.25. The smallest absolute Gasteiger partial charge is 0.227 e. The van der Waals surface area contributed by atoms with Gasteiger partial charge in [0.2, 0.25) is 5.88 Å². The van der Waals surface area contributed by atoms with E-state index in [-0.39, 0.29) is 0 Å². The summed E-state index contributed by atoms with van der Waals surface area (Å²) >= 11 is 3.41. The Labute approximate surface area is 80.3 Å². The molecule has 0 aromatic carbocycles. The highest BCUT2D eigenvalue weighted by Gasteiger charge is 2.05. The predicted octanol–water partition coefficient (Wildman–Crippen LogP) is 1.57. The average Bonchev–Trinajstić information content (AvgIpc) is 2.09. The Morgan fingerprint density at radius 1 is 1.67 bits per heavy atom. The molecule has 0 atom stereocenters. The van der Waals surface area contributed by atoms with Crippen LogP contribution in [-0.2, 0) is 6.54 Å². The Kier molecular flexibility index (Phi) is 3.49. The van der Waals surface area contributed by atoms with Crippen molar-refractivity contribution < 1.29 is 4.74 Å². The van der Waals surface area contributed by atoms with Crippen LogP contribution in [0.5, 0.6) is 5.88 Å². The summed E-state index contributed by atoms with van der Waals surface area (Å²) < 4.78 is 5.96. The first-order valence-electron chi connectivity index (χ1n) is 3.61. The van der Waals surface area contributed by atoms with Gasteiger partial charge in [-0.15, -0.1) is 0 Å². The molecule has 1 heterocycles. The number of methoxy groups -OCH3 is 1. The van der Waals surface area contributed by atoms with E-state index in [1.54, 1.807) is 13.3 Å². The van der Waals surface area contributed by atoms with Gasteiger partial charge < -0.3 is 10.1 Å². The van der Waals surface area contributed by atoms with Crippen LogP contribution < -0.4 is 10.1 Å². The van der Waals surface area contributed by atoms with E-state index >= 15 is 0 Å². The van der Waals surface area contributed by atoms with Gasteiger partial charge in [0.25, 0.3) is 0 Å². The summed E-state index contributed by atoms with van der Waals surface area (Å²) in [6, 6.07) is 1.95. The second-order valence-electron chi connectivity index (χ2n) is 2.32. The number of pyridine rings is 1. The molecule has 1 rings (SSSR count). The summed E-state index contributed by atoms with van der Waals surface area (Å²) in [5.41, 5.74) is 1.14. The largest absolute Gasteiger partial charge is 0.480 e. The first-order valence-corrected chi connectivity index (χ1v) is 4.41. The van der Waals surface area contributed by atoms with Crippen LogP contribution in [0.2, 0.25) is 0 Å². The van der Waals surface area contributed by atoms with Crippen molar-refractivity contribution >= 4 is 15.9 Å². The van der Waals surface area contributed by atoms with Crippen LogP contribution in [0.4, 0.5) is 0 Å². The lowest BCUT2D eigenvalue weighted by Crippen LogP contribution is -2.06. The van der Waals surface area contributed by atoms with Gasteiger partial charge in [-0.1, -0.05) is 0 Å². The number of ether oxygens (including phenoxy) is 1. The second-order valence-corrected chi connectivity index (χ2v) is 3.12. The Balaban J connectivity index is 2.97. The summed E-state index contributed by atoms with van der Waals surface area (Å²) in [7, 11) is 3.51. The zero-order valence-electron chi connectivity index (χ0n) is 7.10. The highest BCUT2D eigenvalue weighted by atomic mass is 79.9. The zero-order valence-corrected chi connectivity index (χ0v) is 8.68. The second kappa shape index (κ2) is 4.42. The number of hydrogen-bond acceptors (Lipinski definition) is 3. The van der Waals surface area contributed by atoms with E-state index in [0.29, 0.717) is 5.88 Å². The molecule has 0 unspecified atom stereocenters. The van der Waals surface area contributed by atoms with Gasteiger partial charge in [-0.3, -0.25) is 0 Å². The van der Waals surface area contributed by atoms with Crippen LogP contribution in [0.1, 0.15) is 5.56 Å². The van der Waals surface area contributed by atoms with E-state index in [4.69, 9.17) is 4.74 Å². The molecule has 12 heavy (non-hydrogen) atoms. The van der Waals surface area contributed by atoms with Gasteiger partial charge in [0.15, 0.2) is 0 Å². The Morgan fingerprint density at radius 3 is 3.00 bits per heavy atom. The molecule has 66 valence electrons. The van der Waals surface area contributed by atoms with Crippen molar-refractivity contribution in [3.05, 3.63) is 22.3 Å². The van der Waals surface area contributed by atoms with Gasteiger partial charge in [0.05, 0.1) is 11.6 Å². The van der Waals surface area contributed by atoms with Crippen molar-refractivity contribution in [2.24, 2.45) is 0 Å². The molecule has 0 radical (unpaired) electrons. The number of aromatic nitrogens is 1. The molecule has 0 aliphatic rings. The summed E-state index contributed by atoms with van der Waals surface area (Å²) in [5.74, 6) is 0.628. The van der Waals surface area contributed by atoms with Crippen LogP contribution in [0.15, 0.2) is 16.7 Å². The molecule has 0 fully saturated rings. The minimum Gasteiger partial charge on any atom is -0.480 e. The minimum atomic E-state index is 0.628. The molecule has 0 bridgehead atoms. The van der Waals surface area contributed by atoms with Crippen molar-refractivity contribution in [3.8, 4) is 5.88 Å². The van der Waals surface area contributed by atoms with E-state index in [0.717, 1.165) is 16.6 Å². The zero-order chi connectivity index (χ0) is 8.97. The van der Waals surface area contributed by atoms with E-state index in [9.17, 15) is 0 Å². The molecule has 0 amide bonds. The molecule has 1 aromatic heterocycles. The Hall–Kier alpha value is -0.610. The standard InChI is InChI=1S/C8H11BrN2O/c1-10-5-6-3-4-11-8(12-2)7(6)9/h3-4,10H,5H2,1-2H3. The van der Waals surface area contributed by atoms with Gasteiger partial charge in [-0.2, -0.15) is 0 Å². The maximum atomic E-state index is 5.05. The maximum absolute atomic E-state index is 5.05. The van der Waals surface area contributed by atoms with E-state index in [2.05, 4.69) is 26.2 Å². The van der Waals surface area contributed by atoms with Gasteiger partial charge in [-0.05, 0) is 34.6 Å². The first-order chi connectivity index (χ1) is 5.79. The number of hydrogen-bond donors (Lipinski definition) is 1. The van der Waals surface area contributed by atoms with Crippen molar-refractivity contribution in [3.63, 3.8) is 0 Å². The van der Waals surface area contributed by atoms with E-state index < -0.39 is 0 Å². The lowest BCUT2D eigenvalue weighted by atomic mass is 10.2. The van der Waals surface area contributed by atoms with Crippen LogP contribution in [-0.4, -0.2) is 19.1 Å². The SMILES string of the molecule is CNCc1ccnc(OC)c1Br. The third-order valence-electron chi connectivity index (χ3n) is 1.50. The molecule has 0 saturated carbocycles. The highest BCUT2D eigenvalue weighted by molar-refractivity contribution is 9.10. The summed E-state index contributed by atoms with van der Waals surface area (Å²) in [6.45, 7) is 0.805. The molecule has 0 spiro atoms. The molecule has 0 aliphatic carbocycles. The third kappa shape index (κ3) is 1.95. The molecule has 3 nitrogen and oxygen atoms in total. The molecular weight excluding hydrogens is 220 g/mol. The third-order valence-corrected chi connectivity index (χ3v) is 2.35. The molecule has 4 heteroatoms. The van der Waals surface area contributed by atoms with E-state index in [1.165, 1.54) is 0 Å². The summed E-state index contributed by atoms with van der Waals surface area (Å²) in [6.07, 6.45) is 1.73. The van der Waals surface area contributed by atoms with Crippen LogP contribution in [0.3, 0.4) is 0 Å². The van der Waals surface area contributed by atoms with Crippen molar-refractivity contribution in [2.45, 2.75) is 6.54 Å². The topological polar surface area (TPSA) is 34.2 Å². The molecule has 1 N–H and O–H groups in total. The van der Waals surface area contributed by atoms with Crippen LogP contribution in [0, 0.1) is 0 Å². The van der Waals surface area contributed by atoms with Crippen molar-refractivity contribution in [2.75, 3.05) is 14.2 Å². The van der Waals surface area contributed by atoms with E-state index in [1.807, 2.05) is 13.1 Å². The van der Waals surface area contributed by atoms with Gasteiger partial charge in [-0.25, -0.2) is 4.98 Å². The fourth-order valence-electron chi connectivity index (χ4n) is 0.931. The quantitative estimate of drug-likeness (QED) is 0.857. The molecular formula is C8H11BrN2O. The predicted molar refractivity (Wildman–Crippen MR) is 51.3 cm³/mol. The monoisotopic (exact) mass is 230 g/mol. The van der Waals surface area contributed by atoms with Crippen molar-refractivity contribution in [1.82, 2.24) is 10.3 Å². The van der Waals surface area contributed by atoms with Crippen molar-refractivity contribution in [1.29, 1.82) is 0 Å².